The van der Waals surface area contributed by atoms with Crippen molar-refractivity contribution < 1.29 is 14.6 Å². The molecule has 3 nitrogen and oxygen atoms in total. The first kappa shape index (κ1) is 12.7. The van der Waals surface area contributed by atoms with Gasteiger partial charge in [-0.1, -0.05) is 11.6 Å². The van der Waals surface area contributed by atoms with Gasteiger partial charge in [0.1, 0.15) is 5.82 Å². The summed E-state index contributed by atoms with van der Waals surface area (Å²) in [4.78, 5) is 0. The summed E-state index contributed by atoms with van der Waals surface area (Å²) < 4.78 is 13.4. The van der Waals surface area contributed by atoms with Crippen molar-refractivity contribution in [3.63, 3.8) is 0 Å². The lowest BCUT2D eigenvalue weighted by Gasteiger charge is -2.12. The maximum absolute atomic E-state index is 13.1. The Kier molecular flexibility index (Phi) is 4.79. The molecule has 0 saturated heterocycles. The van der Waals surface area contributed by atoms with Crippen LogP contribution in [0, 0.1) is 5.82 Å². The van der Waals surface area contributed by atoms with Gasteiger partial charge in [-0.15, -0.1) is 0 Å². The molecule has 0 fully saturated rings. The van der Waals surface area contributed by atoms with Gasteiger partial charge >= 0.3 is 0 Å². The van der Waals surface area contributed by atoms with Gasteiger partial charge in [-0.2, -0.15) is 0 Å². The predicted octanol–water partition coefficient (Wildman–Crippen LogP) is 2.01. The Morgan fingerprint density at radius 1 is 1.53 bits per heavy atom. The number of halogens is 3. The summed E-state index contributed by atoms with van der Waals surface area (Å²) in [6.45, 7) is -0.249. The number of rotatable bonds is 4. The van der Waals surface area contributed by atoms with Gasteiger partial charge in [0.15, 0.2) is 0 Å². The van der Waals surface area contributed by atoms with E-state index in [1.54, 1.807) is 0 Å². The van der Waals surface area contributed by atoms with E-state index in [1.807, 2.05) is 0 Å². The molecular formula is C9H10BrClFNO2. The van der Waals surface area contributed by atoms with Crippen LogP contribution in [-0.4, -0.2) is 29.5 Å². The third-order valence-corrected chi connectivity index (χ3v) is 2.67. The minimum absolute atomic E-state index is 0.108. The molecule has 0 heterocycles. The first-order chi connectivity index (χ1) is 7.04. The highest BCUT2D eigenvalue weighted by Gasteiger charge is 2.08. The second-order valence-electron chi connectivity index (χ2n) is 2.96. The maximum atomic E-state index is 13.1. The van der Waals surface area contributed by atoms with Gasteiger partial charge < -0.3 is 15.5 Å². The molecule has 0 aliphatic carbocycles. The molecule has 0 saturated carbocycles. The topological polar surface area (TPSA) is 52.5 Å². The van der Waals surface area contributed by atoms with Gasteiger partial charge in [0.25, 0.3) is 0 Å². The van der Waals surface area contributed by atoms with Crippen LogP contribution in [0.25, 0.3) is 0 Å². The van der Waals surface area contributed by atoms with Crippen molar-refractivity contribution in [2.45, 2.75) is 6.10 Å². The highest BCUT2D eigenvalue weighted by Crippen LogP contribution is 2.28. The van der Waals surface area contributed by atoms with Crippen molar-refractivity contribution in [1.82, 2.24) is 0 Å². The average molecular weight is 299 g/mol. The molecule has 84 valence electrons. The van der Waals surface area contributed by atoms with Crippen molar-refractivity contribution in [2.24, 2.45) is 0 Å². The third-order valence-electron chi connectivity index (χ3n) is 1.75. The van der Waals surface area contributed by atoms with E-state index >= 15 is 0 Å². The van der Waals surface area contributed by atoms with Gasteiger partial charge in [0.05, 0.1) is 27.9 Å². The molecule has 0 aliphatic heterocycles. The molecule has 0 amide bonds. The first-order valence-corrected chi connectivity index (χ1v) is 5.39. The van der Waals surface area contributed by atoms with E-state index in [1.165, 1.54) is 12.1 Å². The number of hydrogen-bond donors (Lipinski definition) is 3. The van der Waals surface area contributed by atoms with Gasteiger partial charge in [0, 0.05) is 6.54 Å². The van der Waals surface area contributed by atoms with Crippen molar-refractivity contribution in [3.8, 4) is 0 Å². The number of nitrogens with one attached hydrogen (secondary N) is 1. The number of aliphatic hydroxyl groups excluding tert-OH is 2. The van der Waals surface area contributed by atoms with Crippen LogP contribution in [0.3, 0.4) is 0 Å². The molecule has 1 rings (SSSR count). The van der Waals surface area contributed by atoms with Gasteiger partial charge in [0.2, 0.25) is 0 Å². The van der Waals surface area contributed by atoms with Crippen LogP contribution in [0.2, 0.25) is 5.02 Å². The summed E-state index contributed by atoms with van der Waals surface area (Å²) in [6.07, 6.45) is -0.896. The van der Waals surface area contributed by atoms with E-state index in [4.69, 9.17) is 21.8 Å². The first-order valence-electron chi connectivity index (χ1n) is 4.22. The normalized spacial score (nSPS) is 12.6. The Labute approximate surface area is 100 Å². The molecule has 1 aromatic rings. The van der Waals surface area contributed by atoms with Crippen molar-refractivity contribution in [1.29, 1.82) is 0 Å². The molecule has 3 N–H and O–H groups in total. The molecule has 0 aromatic heterocycles. The Hall–Kier alpha value is -0.360. The number of hydrogen-bond acceptors (Lipinski definition) is 3. The molecular weight excluding hydrogens is 288 g/mol. The van der Waals surface area contributed by atoms with Crippen LogP contribution < -0.4 is 5.32 Å². The van der Waals surface area contributed by atoms with E-state index in [2.05, 4.69) is 21.2 Å². The third kappa shape index (κ3) is 3.61. The minimum Gasteiger partial charge on any atom is -0.394 e. The summed E-state index contributed by atoms with van der Waals surface area (Å²) >= 11 is 8.82. The average Bonchev–Trinajstić information content (AvgIpc) is 2.21. The van der Waals surface area contributed by atoms with E-state index in [0.717, 1.165) is 0 Å². The highest BCUT2D eigenvalue weighted by atomic mass is 79.9. The summed E-state index contributed by atoms with van der Waals surface area (Å²) in [7, 11) is 0. The summed E-state index contributed by atoms with van der Waals surface area (Å²) in [5.41, 5.74) is 0.380. The van der Waals surface area contributed by atoms with Crippen LogP contribution in [0.15, 0.2) is 16.6 Å². The standard InChI is InChI=1S/C9H10BrClFNO2/c10-6-1-7(11)9(2-8(6)12)13-3-5(15)4-14/h1-2,5,13-15H,3-4H2. The fourth-order valence-electron chi connectivity index (χ4n) is 0.950. The maximum Gasteiger partial charge on any atom is 0.139 e. The number of benzene rings is 1. The van der Waals surface area contributed by atoms with Gasteiger partial charge in [-0.25, -0.2) is 4.39 Å². The van der Waals surface area contributed by atoms with Crippen LogP contribution in [0.4, 0.5) is 10.1 Å². The van der Waals surface area contributed by atoms with Gasteiger partial charge in [-0.3, -0.25) is 0 Å². The number of aliphatic hydroxyl groups is 2. The van der Waals surface area contributed by atoms with Crippen molar-refractivity contribution in [2.75, 3.05) is 18.5 Å². The molecule has 1 atom stereocenters. The summed E-state index contributed by atoms with van der Waals surface area (Å²) in [5, 5.41) is 20.7. The summed E-state index contributed by atoms with van der Waals surface area (Å²) in [6, 6.07) is 2.64. The molecule has 6 heteroatoms. The smallest absolute Gasteiger partial charge is 0.139 e. The molecule has 15 heavy (non-hydrogen) atoms. The monoisotopic (exact) mass is 297 g/mol. The van der Waals surface area contributed by atoms with E-state index < -0.39 is 11.9 Å². The van der Waals surface area contributed by atoms with Gasteiger partial charge in [-0.05, 0) is 28.1 Å². The predicted molar refractivity (Wildman–Crippen MR) is 60.7 cm³/mol. The zero-order valence-electron chi connectivity index (χ0n) is 7.67. The molecule has 1 unspecified atom stereocenters. The molecule has 0 spiro atoms. The van der Waals surface area contributed by atoms with Crippen LogP contribution in [-0.2, 0) is 0 Å². The Morgan fingerprint density at radius 3 is 2.80 bits per heavy atom. The fraction of sp³-hybridized carbons (Fsp3) is 0.333. The largest absolute Gasteiger partial charge is 0.394 e. The molecule has 0 bridgehead atoms. The summed E-state index contributed by atoms with van der Waals surface area (Å²) in [5.74, 6) is -0.444. The van der Waals surface area contributed by atoms with Crippen LogP contribution in [0.5, 0.6) is 0 Å². The second kappa shape index (κ2) is 5.65. The zero-order valence-corrected chi connectivity index (χ0v) is 10.0. The van der Waals surface area contributed by atoms with E-state index in [9.17, 15) is 4.39 Å². The SMILES string of the molecule is OCC(O)CNc1cc(F)c(Br)cc1Cl. The lowest BCUT2D eigenvalue weighted by molar-refractivity contribution is 0.105. The lowest BCUT2D eigenvalue weighted by atomic mass is 10.3. The van der Waals surface area contributed by atoms with E-state index in [-0.39, 0.29) is 17.6 Å². The van der Waals surface area contributed by atoms with Crippen LogP contribution in [0.1, 0.15) is 0 Å². The fourth-order valence-corrected chi connectivity index (χ4v) is 1.66. The highest BCUT2D eigenvalue weighted by molar-refractivity contribution is 9.10. The Bertz CT molecular complexity index is 351. The lowest BCUT2D eigenvalue weighted by Crippen LogP contribution is -2.23. The Morgan fingerprint density at radius 2 is 2.20 bits per heavy atom. The Balaban J connectivity index is 2.73. The van der Waals surface area contributed by atoms with Crippen molar-refractivity contribution in [3.05, 3.63) is 27.4 Å². The quantitative estimate of drug-likeness (QED) is 0.745. The van der Waals surface area contributed by atoms with Crippen LogP contribution >= 0.6 is 27.5 Å². The van der Waals surface area contributed by atoms with E-state index in [0.29, 0.717) is 10.7 Å². The minimum atomic E-state index is -0.896. The van der Waals surface area contributed by atoms with Crippen molar-refractivity contribution >= 4 is 33.2 Å². The zero-order chi connectivity index (χ0) is 11.4. The second-order valence-corrected chi connectivity index (χ2v) is 4.22. The molecule has 0 aliphatic rings. The number of anilines is 1. The molecule has 1 aromatic carbocycles. The molecule has 0 radical (unpaired) electrons.